The van der Waals surface area contributed by atoms with E-state index < -0.39 is 74.6 Å². The topological polar surface area (TPSA) is 190 Å². The molecule has 2 fully saturated rings. The lowest BCUT2D eigenvalue weighted by molar-refractivity contribution is -0.361. The molecule has 0 spiro atoms. The zero-order valence-corrected chi connectivity index (χ0v) is 12.0. The first-order valence-corrected chi connectivity index (χ1v) is 7.08. The van der Waals surface area contributed by atoms with Crippen LogP contribution in [-0.4, -0.2) is 115 Å². The Hall–Kier alpha value is -0.440. The van der Waals surface area contributed by atoms with Crippen molar-refractivity contribution >= 4 is 0 Å². The molecule has 23 heavy (non-hydrogen) atoms. The standard InChI is InChI=1S/C12H22O11/c13-1-3-6(16)8(18)10(11(20)21-3)23-12-9(19)7(17)5(15)4(2-14)22-12/h3-20H,1-2H2/t3-,4-,5-,6-,7+,8+,9-,10-,11+,12-/m1/s1. The maximum atomic E-state index is 9.94. The fourth-order valence-electron chi connectivity index (χ4n) is 2.55. The van der Waals surface area contributed by atoms with Crippen molar-refractivity contribution in [3.05, 3.63) is 0 Å². The molecular formula is C12H22O11. The van der Waals surface area contributed by atoms with Crippen LogP contribution in [-0.2, 0) is 14.2 Å². The normalized spacial score (nSPS) is 51.7. The van der Waals surface area contributed by atoms with Crippen molar-refractivity contribution in [1.29, 1.82) is 0 Å². The molecule has 2 saturated heterocycles. The summed E-state index contributed by atoms with van der Waals surface area (Å²) in [6.07, 6.45) is -15.6. The van der Waals surface area contributed by atoms with Crippen LogP contribution in [0, 0.1) is 0 Å². The predicted octanol–water partition coefficient (Wildman–Crippen LogP) is -5.40. The molecule has 0 aromatic heterocycles. The van der Waals surface area contributed by atoms with Crippen molar-refractivity contribution in [2.45, 2.75) is 61.4 Å². The Morgan fingerprint density at radius 1 is 0.652 bits per heavy atom. The van der Waals surface area contributed by atoms with Crippen LogP contribution >= 0.6 is 0 Å². The van der Waals surface area contributed by atoms with E-state index in [-0.39, 0.29) is 0 Å². The SMILES string of the molecule is OC[C@H]1O[C@H](O[C@@H]2[C@@H](O)[C@H](O)[C@@H](CO)O[C@@H]2O)[C@H](O)[C@@H](O)[C@@H]1O. The van der Waals surface area contributed by atoms with Gasteiger partial charge in [0.05, 0.1) is 13.2 Å². The molecular weight excluding hydrogens is 320 g/mol. The molecule has 10 atom stereocenters. The Morgan fingerprint density at radius 3 is 1.74 bits per heavy atom. The zero-order chi connectivity index (χ0) is 17.3. The summed E-state index contributed by atoms with van der Waals surface area (Å²) >= 11 is 0. The molecule has 0 aromatic carbocycles. The van der Waals surface area contributed by atoms with Crippen molar-refractivity contribution < 1.29 is 55.1 Å². The minimum atomic E-state index is -1.75. The minimum absolute atomic E-state index is 0.651. The van der Waals surface area contributed by atoms with E-state index in [0.29, 0.717) is 0 Å². The van der Waals surface area contributed by atoms with E-state index in [1.807, 2.05) is 0 Å². The minimum Gasteiger partial charge on any atom is -0.394 e. The number of aliphatic hydroxyl groups is 8. The molecule has 0 amide bonds. The van der Waals surface area contributed by atoms with Crippen LogP contribution in [0.2, 0.25) is 0 Å². The number of hydrogen-bond donors (Lipinski definition) is 8. The van der Waals surface area contributed by atoms with E-state index in [9.17, 15) is 30.6 Å². The highest BCUT2D eigenvalue weighted by molar-refractivity contribution is 4.93. The summed E-state index contributed by atoms with van der Waals surface area (Å²) in [5.41, 5.74) is 0. The Morgan fingerprint density at radius 2 is 1.17 bits per heavy atom. The van der Waals surface area contributed by atoms with Gasteiger partial charge in [0.1, 0.15) is 48.8 Å². The third-order valence-corrected chi connectivity index (χ3v) is 3.98. The van der Waals surface area contributed by atoms with E-state index in [2.05, 4.69) is 0 Å². The molecule has 8 N–H and O–H groups in total. The molecule has 0 unspecified atom stereocenters. The lowest BCUT2D eigenvalue weighted by Gasteiger charge is -2.44. The summed E-state index contributed by atoms with van der Waals surface area (Å²) < 4.78 is 15.1. The van der Waals surface area contributed by atoms with Gasteiger partial charge in [0.25, 0.3) is 0 Å². The van der Waals surface area contributed by atoms with Gasteiger partial charge in [-0.2, -0.15) is 0 Å². The van der Waals surface area contributed by atoms with Gasteiger partial charge in [0.15, 0.2) is 12.6 Å². The molecule has 0 saturated carbocycles. The lowest BCUT2D eigenvalue weighted by Crippen LogP contribution is -2.64. The third kappa shape index (κ3) is 3.65. The first-order valence-electron chi connectivity index (χ1n) is 7.08. The van der Waals surface area contributed by atoms with Crippen molar-refractivity contribution in [2.75, 3.05) is 13.2 Å². The molecule has 0 radical (unpaired) electrons. The Balaban J connectivity index is 2.08. The summed E-state index contributed by atoms with van der Waals surface area (Å²) in [6.45, 7) is -1.33. The lowest BCUT2D eigenvalue weighted by atomic mass is 9.97. The van der Waals surface area contributed by atoms with Crippen LogP contribution in [0.5, 0.6) is 0 Å². The highest BCUT2D eigenvalue weighted by atomic mass is 16.7. The summed E-state index contributed by atoms with van der Waals surface area (Å²) in [5, 5.41) is 76.7. The third-order valence-electron chi connectivity index (χ3n) is 3.98. The summed E-state index contributed by atoms with van der Waals surface area (Å²) in [5.74, 6) is 0. The Kier molecular flexibility index (Phi) is 6.27. The van der Waals surface area contributed by atoms with E-state index in [1.54, 1.807) is 0 Å². The van der Waals surface area contributed by atoms with Gasteiger partial charge in [0, 0.05) is 0 Å². The average molecular weight is 342 g/mol. The maximum absolute atomic E-state index is 9.94. The van der Waals surface area contributed by atoms with E-state index in [0.717, 1.165) is 0 Å². The maximum Gasteiger partial charge on any atom is 0.187 e. The molecule has 0 bridgehead atoms. The van der Waals surface area contributed by atoms with Crippen LogP contribution < -0.4 is 0 Å². The second kappa shape index (κ2) is 7.63. The number of hydrogen-bond acceptors (Lipinski definition) is 11. The van der Waals surface area contributed by atoms with Crippen LogP contribution in [0.25, 0.3) is 0 Å². The van der Waals surface area contributed by atoms with Crippen LogP contribution in [0.15, 0.2) is 0 Å². The number of aliphatic hydroxyl groups excluding tert-OH is 8. The van der Waals surface area contributed by atoms with Gasteiger partial charge in [-0.05, 0) is 0 Å². The zero-order valence-electron chi connectivity index (χ0n) is 12.0. The van der Waals surface area contributed by atoms with Crippen LogP contribution in [0.3, 0.4) is 0 Å². The van der Waals surface area contributed by atoms with Gasteiger partial charge >= 0.3 is 0 Å². The second-order valence-electron chi connectivity index (χ2n) is 5.53. The molecule has 2 rings (SSSR count). The number of rotatable bonds is 4. The average Bonchev–Trinajstić information content (AvgIpc) is 2.54. The summed E-state index contributed by atoms with van der Waals surface area (Å²) in [7, 11) is 0. The van der Waals surface area contributed by atoms with Gasteiger partial charge in [0.2, 0.25) is 0 Å². The summed E-state index contributed by atoms with van der Waals surface area (Å²) in [6, 6.07) is 0. The van der Waals surface area contributed by atoms with E-state index >= 15 is 0 Å². The van der Waals surface area contributed by atoms with Gasteiger partial charge in [-0.3, -0.25) is 0 Å². The molecule has 11 nitrogen and oxygen atoms in total. The fourth-order valence-corrected chi connectivity index (χ4v) is 2.55. The van der Waals surface area contributed by atoms with Crippen molar-refractivity contribution in [3.63, 3.8) is 0 Å². The monoisotopic (exact) mass is 342 g/mol. The second-order valence-corrected chi connectivity index (χ2v) is 5.53. The van der Waals surface area contributed by atoms with Gasteiger partial charge in [-0.15, -0.1) is 0 Å². The van der Waals surface area contributed by atoms with Gasteiger partial charge in [-0.25, -0.2) is 0 Å². The molecule has 2 aliphatic heterocycles. The van der Waals surface area contributed by atoms with E-state index in [4.69, 9.17) is 24.4 Å². The Bertz CT molecular complexity index is 380. The predicted molar refractivity (Wildman–Crippen MR) is 68.6 cm³/mol. The molecule has 2 heterocycles. The van der Waals surface area contributed by atoms with Crippen molar-refractivity contribution in [2.24, 2.45) is 0 Å². The smallest absolute Gasteiger partial charge is 0.187 e. The quantitative estimate of drug-likeness (QED) is 0.243. The van der Waals surface area contributed by atoms with Crippen molar-refractivity contribution in [1.82, 2.24) is 0 Å². The highest BCUT2D eigenvalue weighted by Gasteiger charge is 2.50. The molecule has 11 heteroatoms. The van der Waals surface area contributed by atoms with Crippen molar-refractivity contribution in [3.8, 4) is 0 Å². The van der Waals surface area contributed by atoms with Crippen LogP contribution in [0.4, 0.5) is 0 Å². The van der Waals surface area contributed by atoms with E-state index in [1.165, 1.54) is 0 Å². The number of ether oxygens (including phenoxy) is 3. The summed E-state index contributed by atoms with van der Waals surface area (Å²) in [4.78, 5) is 0. The largest absolute Gasteiger partial charge is 0.394 e. The fraction of sp³-hybridized carbons (Fsp3) is 1.00. The molecule has 0 aliphatic carbocycles. The highest BCUT2D eigenvalue weighted by Crippen LogP contribution is 2.28. The first kappa shape index (κ1) is 18.9. The van der Waals surface area contributed by atoms with Crippen LogP contribution in [0.1, 0.15) is 0 Å². The molecule has 2 aliphatic rings. The first-order chi connectivity index (χ1) is 10.8. The molecule has 0 aromatic rings. The molecule has 136 valence electrons. The van der Waals surface area contributed by atoms with Gasteiger partial charge < -0.3 is 55.1 Å². The van der Waals surface area contributed by atoms with Gasteiger partial charge in [-0.1, -0.05) is 0 Å². The Labute approximate surface area is 130 Å².